The summed E-state index contributed by atoms with van der Waals surface area (Å²) < 4.78 is 0. The van der Waals surface area contributed by atoms with Crippen LogP contribution >= 0.6 is 0 Å². The van der Waals surface area contributed by atoms with E-state index >= 15 is 0 Å². The first kappa shape index (κ1) is 7.79. The average molecular weight is 148 g/mol. The highest BCUT2D eigenvalue weighted by Crippen LogP contribution is 1.99. The number of hydrogen-bond acceptors (Lipinski definition) is 2. The zero-order chi connectivity index (χ0) is 8.10. The van der Waals surface area contributed by atoms with Crippen LogP contribution in [0.15, 0.2) is 29.4 Å². The van der Waals surface area contributed by atoms with Crippen molar-refractivity contribution in [2.75, 3.05) is 7.11 Å². The lowest BCUT2D eigenvalue weighted by molar-refractivity contribution is 0.213. The van der Waals surface area contributed by atoms with Crippen LogP contribution in [-0.2, 0) is 4.84 Å². The van der Waals surface area contributed by atoms with Gasteiger partial charge in [-0.3, -0.25) is 0 Å². The van der Waals surface area contributed by atoms with Crippen molar-refractivity contribution in [3.8, 4) is 0 Å². The summed E-state index contributed by atoms with van der Waals surface area (Å²) in [5, 5.41) is 3.79. The molecule has 0 aliphatic heterocycles. The van der Waals surface area contributed by atoms with Crippen molar-refractivity contribution in [3.05, 3.63) is 35.9 Å². The highest BCUT2D eigenvalue weighted by molar-refractivity contribution is 5.98. The van der Waals surface area contributed by atoms with Gasteiger partial charge in [0.2, 0.25) is 0 Å². The van der Waals surface area contributed by atoms with E-state index in [1.54, 1.807) is 0 Å². The Kier molecular flexibility index (Phi) is 2.66. The Morgan fingerprint density at radius 2 is 2.45 bits per heavy atom. The molecule has 2 nitrogen and oxygen atoms in total. The summed E-state index contributed by atoms with van der Waals surface area (Å²) in [5.41, 5.74) is 1.90. The zero-order valence-corrected chi connectivity index (χ0v) is 6.66. The molecule has 0 aliphatic rings. The number of nitrogens with zero attached hydrogens (tertiary/aromatic N) is 1. The molecule has 2 heteroatoms. The summed E-state index contributed by atoms with van der Waals surface area (Å²) in [5.74, 6) is 0. The standard InChI is InChI=1S/C9H10NO/c1-8(10-11-2)9-6-4-3-5-7-9/h3-4,6-7H,1-2H3/b10-8-. The minimum Gasteiger partial charge on any atom is -0.399 e. The van der Waals surface area contributed by atoms with Crippen molar-refractivity contribution in [2.45, 2.75) is 6.92 Å². The van der Waals surface area contributed by atoms with Gasteiger partial charge >= 0.3 is 0 Å². The van der Waals surface area contributed by atoms with E-state index in [0.29, 0.717) is 0 Å². The average Bonchev–Trinajstić information content (AvgIpc) is 2.07. The second-order valence-electron chi connectivity index (χ2n) is 2.15. The molecule has 11 heavy (non-hydrogen) atoms. The molecule has 1 aromatic carbocycles. The van der Waals surface area contributed by atoms with Gasteiger partial charge in [-0.1, -0.05) is 23.4 Å². The van der Waals surface area contributed by atoms with Crippen LogP contribution in [0, 0.1) is 6.07 Å². The molecule has 0 aromatic heterocycles. The largest absolute Gasteiger partial charge is 0.399 e. The van der Waals surface area contributed by atoms with Crippen molar-refractivity contribution in [1.82, 2.24) is 0 Å². The predicted octanol–water partition coefficient (Wildman–Crippen LogP) is 1.86. The molecule has 0 saturated carbocycles. The van der Waals surface area contributed by atoms with Crippen molar-refractivity contribution in [3.63, 3.8) is 0 Å². The molecule has 0 aliphatic carbocycles. The van der Waals surface area contributed by atoms with Crippen LogP contribution in [0.3, 0.4) is 0 Å². The first-order valence-electron chi connectivity index (χ1n) is 3.39. The van der Waals surface area contributed by atoms with Crippen LogP contribution in [-0.4, -0.2) is 12.8 Å². The van der Waals surface area contributed by atoms with Crippen LogP contribution in [0.2, 0.25) is 0 Å². The topological polar surface area (TPSA) is 21.6 Å². The van der Waals surface area contributed by atoms with Gasteiger partial charge in [0.15, 0.2) is 0 Å². The first-order valence-corrected chi connectivity index (χ1v) is 3.39. The summed E-state index contributed by atoms with van der Waals surface area (Å²) in [7, 11) is 1.54. The Morgan fingerprint density at radius 3 is 3.00 bits per heavy atom. The van der Waals surface area contributed by atoms with Gasteiger partial charge in [-0.25, -0.2) is 0 Å². The van der Waals surface area contributed by atoms with Crippen molar-refractivity contribution < 1.29 is 4.84 Å². The molecular weight excluding hydrogens is 138 g/mol. The van der Waals surface area contributed by atoms with Crippen molar-refractivity contribution in [2.24, 2.45) is 5.16 Å². The molecule has 1 radical (unpaired) electrons. The van der Waals surface area contributed by atoms with E-state index in [1.165, 1.54) is 7.11 Å². The number of rotatable bonds is 2. The van der Waals surface area contributed by atoms with Crippen LogP contribution < -0.4 is 0 Å². The fourth-order valence-corrected chi connectivity index (χ4v) is 0.808. The van der Waals surface area contributed by atoms with Gasteiger partial charge in [0, 0.05) is 0 Å². The summed E-state index contributed by atoms with van der Waals surface area (Å²) in [6.45, 7) is 1.90. The molecule has 0 fully saturated rings. The third-order valence-corrected chi connectivity index (χ3v) is 1.35. The Hall–Kier alpha value is -1.31. The van der Waals surface area contributed by atoms with Crippen LogP contribution in [0.4, 0.5) is 0 Å². The van der Waals surface area contributed by atoms with E-state index in [-0.39, 0.29) is 0 Å². The normalized spacial score (nSPS) is 11.3. The maximum atomic E-state index is 4.63. The quantitative estimate of drug-likeness (QED) is 0.463. The molecule has 0 atom stereocenters. The maximum absolute atomic E-state index is 4.63. The van der Waals surface area contributed by atoms with E-state index in [2.05, 4.69) is 16.1 Å². The minimum absolute atomic E-state index is 0.865. The lowest BCUT2D eigenvalue weighted by atomic mass is 10.1. The first-order chi connectivity index (χ1) is 5.34. The Morgan fingerprint density at radius 1 is 1.64 bits per heavy atom. The predicted molar refractivity (Wildman–Crippen MR) is 44.5 cm³/mol. The minimum atomic E-state index is 0.865. The zero-order valence-electron chi connectivity index (χ0n) is 6.66. The van der Waals surface area contributed by atoms with Crippen LogP contribution in [0.5, 0.6) is 0 Å². The highest BCUT2D eigenvalue weighted by atomic mass is 16.6. The van der Waals surface area contributed by atoms with E-state index < -0.39 is 0 Å². The van der Waals surface area contributed by atoms with E-state index in [1.807, 2.05) is 31.2 Å². The summed E-state index contributed by atoms with van der Waals surface area (Å²) in [6.07, 6.45) is 0. The molecule has 0 saturated heterocycles. The fraction of sp³-hybridized carbons (Fsp3) is 0.222. The second kappa shape index (κ2) is 3.76. The molecule has 0 heterocycles. The third-order valence-electron chi connectivity index (χ3n) is 1.35. The molecule has 0 N–H and O–H groups in total. The molecule has 1 rings (SSSR count). The SMILES string of the molecule is CO/N=C(/C)c1c[c]ccc1. The van der Waals surface area contributed by atoms with Gasteiger partial charge in [0.1, 0.15) is 7.11 Å². The number of hydrogen-bond donors (Lipinski definition) is 0. The Labute approximate surface area is 66.5 Å². The van der Waals surface area contributed by atoms with Gasteiger partial charge in [-0.05, 0) is 24.6 Å². The fourth-order valence-electron chi connectivity index (χ4n) is 0.808. The lowest BCUT2D eigenvalue weighted by Crippen LogP contribution is -1.93. The lowest BCUT2D eigenvalue weighted by Gasteiger charge is -1.96. The van der Waals surface area contributed by atoms with E-state index in [9.17, 15) is 0 Å². The second-order valence-corrected chi connectivity index (χ2v) is 2.15. The van der Waals surface area contributed by atoms with Gasteiger partial charge in [0.05, 0.1) is 5.71 Å². The van der Waals surface area contributed by atoms with Crippen molar-refractivity contribution >= 4 is 5.71 Å². The molecule has 0 amide bonds. The smallest absolute Gasteiger partial charge is 0.106 e. The number of benzene rings is 1. The molecular formula is C9H10NO. The molecule has 1 aromatic rings. The van der Waals surface area contributed by atoms with Gasteiger partial charge in [-0.2, -0.15) is 0 Å². The van der Waals surface area contributed by atoms with E-state index in [4.69, 9.17) is 0 Å². The summed E-state index contributed by atoms with van der Waals surface area (Å²) in [4.78, 5) is 4.63. The van der Waals surface area contributed by atoms with Crippen molar-refractivity contribution in [1.29, 1.82) is 0 Å². The molecule has 0 unspecified atom stereocenters. The molecule has 0 spiro atoms. The molecule has 57 valence electrons. The Balaban J connectivity index is 2.85. The van der Waals surface area contributed by atoms with Crippen LogP contribution in [0.1, 0.15) is 12.5 Å². The highest BCUT2D eigenvalue weighted by Gasteiger charge is 1.93. The third kappa shape index (κ3) is 2.08. The van der Waals surface area contributed by atoms with Gasteiger partial charge < -0.3 is 4.84 Å². The molecule has 0 bridgehead atoms. The van der Waals surface area contributed by atoms with Crippen LogP contribution in [0.25, 0.3) is 0 Å². The Bertz CT molecular complexity index is 241. The monoisotopic (exact) mass is 148 g/mol. The van der Waals surface area contributed by atoms with Gasteiger partial charge in [-0.15, -0.1) is 0 Å². The maximum Gasteiger partial charge on any atom is 0.106 e. The number of oxime groups is 1. The summed E-state index contributed by atoms with van der Waals surface area (Å²) in [6, 6.07) is 10.6. The van der Waals surface area contributed by atoms with E-state index in [0.717, 1.165) is 11.3 Å². The van der Waals surface area contributed by atoms with Gasteiger partial charge in [0.25, 0.3) is 0 Å². The summed E-state index contributed by atoms with van der Waals surface area (Å²) >= 11 is 0.